The molecule has 0 bridgehead atoms. The first-order chi connectivity index (χ1) is 11.5. The van der Waals surface area contributed by atoms with Gasteiger partial charge in [0, 0.05) is 21.2 Å². The van der Waals surface area contributed by atoms with Crippen LogP contribution in [-0.4, -0.2) is 18.2 Å². The number of allylic oxidation sites excluding steroid dienone is 1. The zero-order valence-corrected chi connectivity index (χ0v) is 15.7. The summed E-state index contributed by atoms with van der Waals surface area (Å²) < 4.78 is 7.21. The maximum absolute atomic E-state index is 12.5. The highest BCUT2D eigenvalue weighted by Crippen LogP contribution is 2.36. The molecule has 0 saturated heterocycles. The number of halogens is 2. The van der Waals surface area contributed by atoms with Crippen LogP contribution >= 0.6 is 31.9 Å². The third kappa shape index (κ3) is 3.01. The van der Waals surface area contributed by atoms with E-state index >= 15 is 0 Å². The van der Waals surface area contributed by atoms with Gasteiger partial charge in [-0.2, -0.15) is 0 Å². The van der Waals surface area contributed by atoms with E-state index in [4.69, 9.17) is 4.74 Å². The number of carbonyl (C=O) groups is 2. The van der Waals surface area contributed by atoms with Gasteiger partial charge in [-0.15, -0.1) is 0 Å². The summed E-state index contributed by atoms with van der Waals surface area (Å²) in [6.45, 7) is 3.95. The summed E-state index contributed by atoms with van der Waals surface area (Å²) in [5.74, 6) is 0.0323. The van der Waals surface area contributed by atoms with Crippen molar-refractivity contribution in [2.24, 2.45) is 0 Å². The lowest BCUT2D eigenvalue weighted by Crippen LogP contribution is -2.02. The van der Waals surface area contributed by atoms with Gasteiger partial charge in [-0.1, -0.05) is 52.9 Å². The Kier molecular flexibility index (Phi) is 4.83. The SMILES string of the molecule is C=CCOc1c(Br)cc(Br)cc1C=C1C(=O)c2ccccc2C1=O. The molecule has 0 aromatic heterocycles. The summed E-state index contributed by atoms with van der Waals surface area (Å²) in [5.41, 5.74) is 1.67. The fraction of sp³-hybridized carbons (Fsp3) is 0.0526. The predicted molar refractivity (Wildman–Crippen MR) is 101 cm³/mol. The first-order valence-electron chi connectivity index (χ1n) is 7.15. The van der Waals surface area contributed by atoms with Crippen LogP contribution in [0.4, 0.5) is 0 Å². The van der Waals surface area contributed by atoms with Crippen molar-refractivity contribution in [3.05, 3.63) is 80.3 Å². The number of benzene rings is 2. The third-order valence-electron chi connectivity index (χ3n) is 3.59. The summed E-state index contributed by atoms with van der Waals surface area (Å²) >= 11 is 6.87. The Hall–Kier alpha value is -1.98. The topological polar surface area (TPSA) is 43.4 Å². The number of carbonyl (C=O) groups excluding carboxylic acids is 2. The molecule has 0 aliphatic heterocycles. The van der Waals surface area contributed by atoms with Crippen molar-refractivity contribution in [1.82, 2.24) is 0 Å². The van der Waals surface area contributed by atoms with Crippen molar-refractivity contribution in [1.29, 1.82) is 0 Å². The molecular formula is C19H12Br2O3. The molecule has 5 heteroatoms. The quantitative estimate of drug-likeness (QED) is 0.365. The Balaban J connectivity index is 2.11. The Morgan fingerprint density at radius 3 is 2.25 bits per heavy atom. The van der Waals surface area contributed by atoms with E-state index in [9.17, 15) is 9.59 Å². The van der Waals surface area contributed by atoms with Gasteiger partial charge in [0.1, 0.15) is 12.4 Å². The van der Waals surface area contributed by atoms with E-state index in [-0.39, 0.29) is 17.1 Å². The minimum Gasteiger partial charge on any atom is -0.488 e. The van der Waals surface area contributed by atoms with E-state index in [2.05, 4.69) is 38.4 Å². The fourth-order valence-corrected chi connectivity index (χ4v) is 3.91. The zero-order chi connectivity index (χ0) is 17.3. The van der Waals surface area contributed by atoms with Crippen LogP contribution in [0.25, 0.3) is 6.08 Å². The molecule has 2 aromatic rings. The lowest BCUT2D eigenvalue weighted by Gasteiger charge is -2.11. The average molecular weight is 448 g/mol. The van der Waals surface area contributed by atoms with Crippen molar-refractivity contribution in [3.8, 4) is 5.75 Å². The highest BCUT2D eigenvalue weighted by molar-refractivity contribution is 9.11. The summed E-state index contributed by atoms with van der Waals surface area (Å²) in [6.07, 6.45) is 3.21. The number of rotatable bonds is 4. The number of ether oxygens (including phenoxy) is 1. The first-order valence-corrected chi connectivity index (χ1v) is 8.74. The van der Waals surface area contributed by atoms with Gasteiger partial charge in [0.2, 0.25) is 0 Å². The second kappa shape index (κ2) is 6.87. The van der Waals surface area contributed by atoms with Gasteiger partial charge >= 0.3 is 0 Å². The lowest BCUT2D eigenvalue weighted by molar-refractivity contribution is 0.0990. The molecule has 0 atom stereocenters. The lowest BCUT2D eigenvalue weighted by atomic mass is 10.1. The highest BCUT2D eigenvalue weighted by Gasteiger charge is 2.32. The molecule has 2 aromatic carbocycles. The molecule has 120 valence electrons. The van der Waals surface area contributed by atoms with Gasteiger partial charge in [0.15, 0.2) is 11.6 Å². The summed E-state index contributed by atoms with van der Waals surface area (Å²) in [7, 11) is 0. The maximum atomic E-state index is 12.5. The van der Waals surface area contributed by atoms with Crippen LogP contribution in [0.15, 0.2) is 63.6 Å². The molecular weight excluding hydrogens is 436 g/mol. The molecule has 0 saturated carbocycles. The maximum Gasteiger partial charge on any atom is 0.197 e. The van der Waals surface area contributed by atoms with Crippen LogP contribution in [-0.2, 0) is 0 Å². The molecule has 0 spiro atoms. The van der Waals surface area contributed by atoms with Crippen LogP contribution in [0.2, 0.25) is 0 Å². The summed E-state index contributed by atoms with van der Waals surface area (Å²) in [4.78, 5) is 25.1. The first kappa shape index (κ1) is 16.9. The number of ketones is 2. The summed E-state index contributed by atoms with van der Waals surface area (Å²) in [6, 6.07) is 10.5. The van der Waals surface area contributed by atoms with E-state index in [1.54, 1.807) is 42.5 Å². The third-order valence-corrected chi connectivity index (χ3v) is 4.63. The smallest absolute Gasteiger partial charge is 0.197 e. The molecule has 0 amide bonds. The minimum atomic E-state index is -0.263. The molecule has 0 radical (unpaired) electrons. The van der Waals surface area contributed by atoms with E-state index < -0.39 is 0 Å². The van der Waals surface area contributed by atoms with Crippen molar-refractivity contribution in [3.63, 3.8) is 0 Å². The fourth-order valence-electron chi connectivity index (χ4n) is 2.54. The van der Waals surface area contributed by atoms with Gasteiger partial charge in [-0.3, -0.25) is 9.59 Å². The van der Waals surface area contributed by atoms with Crippen molar-refractivity contribution in [2.45, 2.75) is 0 Å². The number of fused-ring (bicyclic) bond motifs is 1. The van der Waals surface area contributed by atoms with Crippen LogP contribution < -0.4 is 4.74 Å². The van der Waals surface area contributed by atoms with Crippen molar-refractivity contribution < 1.29 is 14.3 Å². The normalized spacial score (nSPS) is 13.0. The Labute approximate surface area is 156 Å². The minimum absolute atomic E-state index is 0.143. The second-order valence-corrected chi connectivity index (χ2v) is 6.94. The van der Waals surface area contributed by atoms with Crippen molar-refractivity contribution in [2.75, 3.05) is 6.61 Å². The highest BCUT2D eigenvalue weighted by atomic mass is 79.9. The van der Waals surface area contributed by atoms with E-state index in [0.717, 1.165) is 8.95 Å². The van der Waals surface area contributed by atoms with Gasteiger partial charge in [0.05, 0.1) is 10.0 Å². The molecule has 0 unspecified atom stereocenters. The standard InChI is InChI=1S/C19H12Br2O3/c1-2-7-24-19-11(8-12(20)10-16(19)21)9-15-17(22)13-5-3-4-6-14(13)18(15)23/h2-6,8-10H,1,7H2. The Morgan fingerprint density at radius 1 is 1.04 bits per heavy atom. The molecule has 3 nitrogen and oxygen atoms in total. The van der Waals surface area contributed by atoms with Crippen LogP contribution in [0, 0.1) is 0 Å². The largest absolute Gasteiger partial charge is 0.488 e. The molecule has 1 aliphatic carbocycles. The van der Waals surface area contributed by atoms with Gasteiger partial charge in [0.25, 0.3) is 0 Å². The van der Waals surface area contributed by atoms with Gasteiger partial charge in [-0.25, -0.2) is 0 Å². The van der Waals surface area contributed by atoms with E-state index in [0.29, 0.717) is 29.0 Å². The number of hydrogen-bond donors (Lipinski definition) is 0. The number of Topliss-reactive ketones (excluding diaryl/α,β-unsaturated/α-hetero) is 2. The second-order valence-electron chi connectivity index (χ2n) is 5.17. The average Bonchev–Trinajstić information content (AvgIpc) is 2.79. The Bertz CT molecular complexity index is 860. The van der Waals surface area contributed by atoms with Crippen LogP contribution in [0.5, 0.6) is 5.75 Å². The van der Waals surface area contributed by atoms with Gasteiger partial charge in [-0.05, 0) is 34.1 Å². The zero-order valence-electron chi connectivity index (χ0n) is 12.5. The predicted octanol–water partition coefficient (Wildman–Crippen LogP) is 5.24. The molecule has 0 N–H and O–H groups in total. The monoisotopic (exact) mass is 446 g/mol. The number of hydrogen-bond acceptors (Lipinski definition) is 3. The molecule has 1 aliphatic rings. The van der Waals surface area contributed by atoms with Crippen LogP contribution in [0.3, 0.4) is 0 Å². The van der Waals surface area contributed by atoms with Crippen LogP contribution in [0.1, 0.15) is 26.3 Å². The Morgan fingerprint density at radius 2 is 1.67 bits per heavy atom. The molecule has 0 fully saturated rings. The molecule has 3 rings (SSSR count). The summed E-state index contributed by atoms with van der Waals surface area (Å²) in [5, 5.41) is 0. The molecule has 0 heterocycles. The van der Waals surface area contributed by atoms with Gasteiger partial charge < -0.3 is 4.74 Å². The van der Waals surface area contributed by atoms with E-state index in [1.807, 2.05) is 6.07 Å². The van der Waals surface area contributed by atoms with Crippen molar-refractivity contribution >= 4 is 49.5 Å². The molecule has 24 heavy (non-hydrogen) atoms. The van der Waals surface area contributed by atoms with E-state index in [1.165, 1.54) is 0 Å².